The summed E-state index contributed by atoms with van der Waals surface area (Å²) in [5.74, 6) is 6.27. The van der Waals surface area contributed by atoms with Crippen molar-refractivity contribution in [3.63, 3.8) is 0 Å². The highest BCUT2D eigenvalue weighted by Crippen LogP contribution is 2.36. The van der Waals surface area contributed by atoms with Gasteiger partial charge in [0.2, 0.25) is 0 Å². The highest BCUT2D eigenvalue weighted by Gasteiger charge is 2.33. The monoisotopic (exact) mass is 278 g/mol. The second kappa shape index (κ2) is 5.93. The van der Waals surface area contributed by atoms with Gasteiger partial charge in [0.1, 0.15) is 0 Å². The molecule has 1 aliphatic heterocycles. The first-order chi connectivity index (χ1) is 9.78. The minimum Gasteiger partial charge on any atom is -0.359 e. The molecule has 1 unspecified atom stereocenters. The predicted octanol–water partition coefficient (Wildman–Crippen LogP) is 1.43. The van der Waals surface area contributed by atoms with Crippen molar-refractivity contribution in [3.05, 3.63) is 17.5 Å². The zero-order chi connectivity index (χ0) is 13.9. The Balaban J connectivity index is 1.64. The molecule has 1 aromatic heterocycles. The molecule has 3 rings (SSSR count). The van der Waals surface area contributed by atoms with Crippen LogP contribution < -0.4 is 11.3 Å². The number of nitrogens with zero attached hydrogens (tertiary/aromatic N) is 2. The third kappa shape index (κ3) is 2.71. The summed E-state index contributed by atoms with van der Waals surface area (Å²) in [6, 6.07) is 2.36. The number of nitrogens with two attached hydrogens (primary N) is 1. The zero-order valence-electron chi connectivity index (χ0n) is 11.7. The van der Waals surface area contributed by atoms with Crippen LogP contribution in [0.25, 0.3) is 0 Å². The van der Waals surface area contributed by atoms with Crippen molar-refractivity contribution >= 4 is 5.91 Å². The fraction of sp³-hybridized carbons (Fsp3) is 0.714. The molecule has 2 fully saturated rings. The molecule has 0 radical (unpaired) electrons. The molecule has 110 valence electrons. The van der Waals surface area contributed by atoms with Crippen molar-refractivity contribution in [1.82, 2.24) is 15.5 Å². The standard InChI is InChI=1S/C14H22N4O2/c15-16-14(19)12-8-11(20-17-12)9-18-7-3-6-13(18)10-4-1-2-5-10/h8,10,13H,1-7,9,15H2,(H,16,19). The molecule has 0 spiro atoms. The second-order valence-corrected chi connectivity index (χ2v) is 5.88. The van der Waals surface area contributed by atoms with Crippen LogP contribution in [0.1, 0.15) is 54.8 Å². The number of hydrogen-bond donors (Lipinski definition) is 2. The largest absolute Gasteiger partial charge is 0.359 e. The van der Waals surface area contributed by atoms with Gasteiger partial charge in [-0.05, 0) is 38.1 Å². The Morgan fingerprint density at radius 3 is 2.95 bits per heavy atom. The number of carbonyl (C=O) groups is 1. The van der Waals surface area contributed by atoms with Gasteiger partial charge in [0.25, 0.3) is 5.91 Å². The summed E-state index contributed by atoms with van der Waals surface area (Å²) in [5, 5.41) is 3.76. The molecular formula is C14H22N4O2. The second-order valence-electron chi connectivity index (χ2n) is 5.88. The van der Waals surface area contributed by atoms with E-state index in [4.69, 9.17) is 10.4 Å². The first kappa shape index (κ1) is 13.6. The van der Waals surface area contributed by atoms with Gasteiger partial charge in [-0.3, -0.25) is 15.1 Å². The van der Waals surface area contributed by atoms with Gasteiger partial charge in [-0.15, -0.1) is 0 Å². The van der Waals surface area contributed by atoms with E-state index in [9.17, 15) is 4.79 Å². The van der Waals surface area contributed by atoms with Crippen LogP contribution in [0.2, 0.25) is 0 Å². The van der Waals surface area contributed by atoms with Gasteiger partial charge in [-0.1, -0.05) is 18.0 Å². The van der Waals surface area contributed by atoms with Crippen LogP contribution in [0.4, 0.5) is 0 Å². The highest BCUT2D eigenvalue weighted by molar-refractivity contribution is 5.91. The molecule has 1 saturated carbocycles. The number of carbonyl (C=O) groups excluding carboxylic acids is 1. The minimum absolute atomic E-state index is 0.249. The molecule has 1 aromatic rings. The van der Waals surface area contributed by atoms with E-state index < -0.39 is 5.91 Å². The van der Waals surface area contributed by atoms with E-state index in [1.807, 2.05) is 0 Å². The van der Waals surface area contributed by atoms with Crippen molar-refractivity contribution in [1.29, 1.82) is 0 Å². The SMILES string of the molecule is NNC(=O)c1cc(CN2CCCC2C2CCCC2)on1. The Labute approximate surface area is 118 Å². The number of hydrogen-bond acceptors (Lipinski definition) is 5. The lowest BCUT2D eigenvalue weighted by Crippen LogP contribution is -2.34. The van der Waals surface area contributed by atoms with E-state index in [0.29, 0.717) is 6.04 Å². The molecule has 0 aromatic carbocycles. The van der Waals surface area contributed by atoms with Crippen molar-refractivity contribution in [3.8, 4) is 0 Å². The number of likely N-dealkylation sites (tertiary alicyclic amines) is 1. The molecular weight excluding hydrogens is 256 g/mol. The van der Waals surface area contributed by atoms with Crippen LogP contribution in [-0.2, 0) is 6.54 Å². The van der Waals surface area contributed by atoms with Crippen LogP contribution in [-0.4, -0.2) is 28.6 Å². The van der Waals surface area contributed by atoms with Crippen LogP contribution in [0.5, 0.6) is 0 Å². The van der Waals surface area contributed by atoms with E-state index >= 15 is 0 Å². The Kier molecular flexibility index (Phi) is 4.03. The third-order valence-electron chi connectivity index (χ3n) is 4.64. The normalized spacial score (nSPS) is 24.4. The van der Waals surface area contributed by atoms with Crippen molar-refractivity contribution in [2.24, 2.45) is 11.8 Å². The van der Waals surface area contributed by atoms with Gasteiger partial charge in [0, 0.05) is 12.1 Å². The average molecular weight is 278 g/mol. The fourth-order valence-electron chi connectivity index (χ4n) is 3.69. The van der Waals surface area contributed by atoms with E-state index in [1.165, 1.54) is 38.5 Å². The van der Waals surface area contributed by atoms with Gasteiger partial charge < -0.3 is 4.52 Å². The van der Waals surface area contributed by atoms with Crippen LogP contribution in [0, 0.1) is 5.92 Å². The number of nitrogen functional groups attached to an aromatic ring is 1. The Morgan fingerprint density at radius 2 is 2.20 bits per heavy atom. The van der Waals surface area contributed by atoms with Gasteiger partial charge >= 0.3 is 0 Å². The molecule has 1 aliphatic carbocycles. The topological polar surface area (TPSA) is 84.4 Å². The van der Waals surface area contributed by atoms with E-state index in [-0.39, 0.29) is 5.69 Å². The first-order valence-corrected chi connectivity index (χ1v) is 7.48. The maximum Gasteiger partial charge on any atom is 0.287 e. The Bertz CT molecular complexity index is 467. The lowest BCUT2D eigenvalue weighted by Gasteiger charge is -2.28. The number of hydrazine groups is 1. The molecule has 20 heavy (non-hydrogen) atoms. The fourth-order valence-corrected chi connectivity index (χ4v) is 3.69. The summed E-state index contributed by atoms with van der Waals surface area (Å²) < 4.78 is 5.25. The Morgan fingerprint density at radius 1 is 1.40 bits per heavy atom. The molecule has 6 nitrogen and oxygen atoms in total. The summed E-state index contributed by atoms with van der Waals surface area (Å²) >= 11 is 0. The zero-order valence-corrected chi connectivity index (χ0v) is 11.7. The average Bonchev–Trinajstić information content (AvgIpc) is 3.18. The first-order valence-electron chi connectivity index (χ1n) is 7.48. The molecule has 3 N–H and O–H groups in total. The van der Waals surface area contributed by atoms with Crippen molar-refractivity contribution in [2.45, 2.75) is 51.1 Å². The molecule has 1 saturated heterocycles. The summed E-state index contributed by atoms with van der Waals surface area (Å²) in [5.41, 5.74) is 2.32. The lowest BCUT2D eigenvalue weighted by molar-refractivity contribution is 0.0944. The summed E-state index contributed by atoms with van der Waals surface area (Å²) in [4.78, 5) is 13.9. The maximum absolute atomic E-state index is 11.4. The van der Waals surface area contributed by atoms with Crippen LogP contribution >= 0.6 is 0 Å². The molecule has 1 amide bonds. The summed E-state index contributed by atoms with van der Waals surface area (Å²) in [6.45, 7) is 1.85. The number of nitrogens with one attached hydrogen (secondary N) is 1. The van der Waals surface area contributed by atoms with Gasteiger partial charge in [0.05, 0.1) is 6.54 Å². The molecule has 6 heteroatoms. The quantitative estimate of drug-likeness (QED) is 0.494. The Hall–Kier alpha value is -1.40. The maximum atomic E-state index is 11.4. The highest BCUT2D eigenvalue weighted by atomic mass is 16.5. The molecule has 0 bridgehead atoms. The molecule has 2 heterocycles. The third-order valence-corrected chi connectivity index (χ3v) is 4.64. The van der Waals surface area contributed by atoms with Crippen molar-refractivity contribution < 1.29 is 9.32 Å². The number of amides is 1. The number of rotatable bonds is 4. The molecule has 2 aliphatic rings. The van der Waals surface area contributed by atoms with Crippen LogP contribution in [0.15, 0.2) is 10.6 Å². The van der Waals surface area contributed by atoms with Gasteiger partial charge in [0.15, 0.2) is 11.5 Å². The van der Waals surface area contributed by atoms with E-state index in [1.54, 1.807) is 6.07 Å². The molecule has 1 atom stereocenters. The van der Waals surface area contributed by atoms with Gasteiger partial charge in [-0.25, -0.2) is 5.84 Å². The minimum atomic E-state index is -0.409. The number of aromatic nitrogens is 1. The smallest absolute Gasteiger partial charge is 0.287 e. The van der Waals surface area contributed by atoms with Crippen molar-refractivity contribution in [2.75, 3.05) is 6.54 Å². The van der Waals surface area contributed by atoms with Gasteiger partial charge in [-0.2, -0.15) is 0 Å². The predicted molar refractivity (Wildman–Crippen MR) is 73.5 cm³/mol. The van der Waals surface area contributed by atoms with E-state index in [2.05, 4.69) is 15.5 Å². The summed E-state index contributed by atoms with van der Waals surface area (Å²) in [6.07, 6.45) is 8.01. The van der Waals surface area contributed by atoms with E-state index in [0.717, 1.165) is 24.8 Å². The summed E-state index contributed by atoms with van der Waals surface area (Å²) in [7, 11) is 0. The van der Waals surface area contributed by atoms with Crippen LogP contribution in [0.3, 0.4) is 0 Å². The lowest BCUT2D eigenvalue weighted by atomic mass is 9.96.